The van der Waals surface area contributed by atoms with E-state index in [1.807, 2.05) is 11.8 Å². The van der Waals surface area contributed by atoms with Crippen LogP contribution in [0.5, 0.6) is 0 Å². The minimum absolute atomic E-state index is 0.00576. The SMILES string of the molecule is N[C@H](CNC(=O)C1CC2(C3CCCCCC3)NCCC(C3CC3)C2S1)C(=O)O. The van der Waals surface area contributed by atoms with E-state index in [-0.39, 0.29) is 23.2 Å². The molecule has 2 aliphatic carbocycles. The van der Waals surface area contributed by atoms with Crippen molar-refractivity contribution < 1.29 is 14.7 Å². The molecule has 0 aromatic heterocycles. The Labute approximate surface area is 172 Å². The van der Waals surface area contributed by atoms with E-state index >= 15 is 0 Å². The molecule has 0 radical (unpaired) electrons. The van der Waals surface area contributed by atoms with Crippen molar-refractivity contribution in [3.8, 4) is 0 Å². The van der Waals surface area contributed by atoms with Crippen molar-refractivity contribution in [3.63, 3.8) is 0 Å². The normalized spacial score (nSPS) is 37.7. The zero-order valence-electron chi connectivity index (χ0n) is 16.7. The number of carboxylic acids is 1. The van der Waals surface area contributed by atoms with Gasteiger partial charge in [0.25, 0.3) is 0 Å². The van der Waals surface area contributed by atoms with Gasteiger partial charge in [0.05, 0.1) is 5.25 Å². The Kier molecular flexibility index (Phi) is 6.23. The van der Waals surface area contributed by atoms with E-state index < -0.39 is 12.0 Å². The molecule has 6 nitrogen and oxygen atoms in total. The van der Waals surface area contributed by atoms with Crippen LogP contribution < -0.4 is 16.4 Å². The number of carbonyl (C=O) groups excluding carboxylic acids is 1. The second-order valence-corrected chi connectivity index (χ2v) is 10.7. The van der Waals surface area contributed by atoms with Crippen molar-refractivity contribution in [1.29, 1.82) is 0 Å². The molecule has 28 heavy (non-hydrogen) atoms. The number of hydrogen-bond acceptors (Lipinski definition) is 5. The van der Waals surface area contributed by atoms with Gasteiger partial charge in [0.15, 0.2) is 0 Å². The maximum absolute atomic E-state index is 12.9. The molecule has 2 aliphatic heterocycles. The number of hydrogen-bond donors (Lipinski definition) is 4. The highest BCUT2D eigenvalue weighted by Gasteiger charge is 2.59. The van der Waals surface area contributed by atoms with E-state index in [0.29, 0.717) is 11.2 Å². The lowest BCUT2D eigenvalue weighted by atomic mass is 9.67. The van der Waals surface area contributed by atoms with Crippen LogP contribution in [0.2, 0.25) is 0 Å². The molecular formula is C21H35N3O3S. The Hall–Kier alpha value is -0.790. The van der Waals surface area contributed by atoms with Crippen LogP contribution in [0.25, 0.3) is 0 Å². The van der Waals surface area contributed by atoms with Crippen LogP contribution in [-0.2, 0) is 9.59 Å². The molecule has 1 amide bonds. The Morgan fingerprint density at radius 2 is 1.86 bits per heavy atom. The Morgan fingerprint density at radius 1 is 1.14 bits per heavy atom. The number of nitrogens with two attached hydrogens (primary N) is 1. The van der Waals surface area contributed by atoms with Crippen LogP contribution in [0.3, 0.4) is 0 Å². The Balaban J connectivity index is 1.50. The number of piperidine rings is 1. The Bertz CT molecular complexity index is 591. The molecule has 0 aromatic carbocycles. The third-order valence-electron chi connectivity index (χ3n) is 7.58. The Morgan fingerprint density at radius 3 is 2.50 bits per heavy atom. The molecule has 4 unspecified atom stereocenters. The van der Waals surface area contributed by atoms with Crippen molar-refractivity contribution in [1.82, 2.24) is 10.6 Å². The fraction of sp³-hybridized carbons (Fsp3) is 0.905. The van der Waals surface area contributed by atoms with Crippen LogP contribution in [-0.4, -0.2) is 52.2 Å². The molecule has 4 rings (SSSR count). The van der Waals surface area contributed by atoms with Crippen LogP contribution in [0.4, 0.5) is 0 Å². The van der Waals surface area contributed by atoms with Gasteiger partial charge in [0.2, 0.25) is 5.91 Å². The molecule has 0 spiro atoms. The first-order valence-corrected chi connectivity index (χ1v) is 12.1. The zero-order valence-corrected chi connectivity index (χ0v) is 17.5. The monoisotopic (exact) mass is 409 g/mol. The van der Waals surface area contributed by atoms with Crippen LogP contribution >= 0.6 is 11.8 Å². The van der Waals surface area contributed by atoms with Gasteiger partial charge in [0, 0.05) is 17.3 Å². The van der Waals surface area contributed by atoms with Crippen molar-refractivity contribution in [2.24, 2.45) is 23.5 Å². The van der Waals surface area contributed by atoms with E-state index in [4.69, 9.17) is 10.8 Å². The summed E-state index contributed by atoms with van der Waals surface area (Å²) in [6, 6.07) is -1.04. The summed E-state index contributed by atoms with van der Waals surface area (Å²) in [6.07, 6.45) is 12.7. The molecule has 0 bridgehead atoms. The molecule has 2 saturated carbocycles. The highest BCUT2D eigenvalue weighted by atomic mass is 32.2. The molecule has 7 heteroatoms. The van der Waals surface area contributed by atoms with Gasteiger partial charge < -0.3 is 21.5 Å². The van der Waals surface area contributed by atoms with Gasteiger partial charge in [-0.3, -0.25) is 9.59 Å². The van der Waals surface area contributed by atoms with Gasteiger partial charge in [0.1, 0.15) is 6.04 Å². The summed E-state index contributed by atoms with van der Waals surface area (Å²) in [4.78, 5) is 23.9. The molecule has 4 aliphatic rings. The molecular weight excluding hydrogens is 374 g/mol. The smallest absolute Gasteiger partial charge is 0.322 e. The third-order valence-corrected chi connectivity index (χ3v) is 9.35. The third kappa shape index (κ3) is 4.08. The number of carbonyl (C=O) groups is 2. The highest BCUT2D eigenvalue weighted by Crippen LogP contribution is 2.58. The fourth-order valence-electron chi connectivity index (χ4n) is 5.96. The quantitative estimate of drug-likeness (QED) is 0.501. The summed E-state index contributed by atoms with van der Waals surface area (Å²) in [5.41, 5.74) is 5.66. The number of rotatable bonds is 6. The minimum atomic E-state index is -1.07. The molecule has 2 saturated heterocycles. The first-order chi connectivity index (χ1) is 13.5. The number of fused-ring (bicyclic) bond motifs is 1. The molecule has 0 aromatic rings. The summed E-state index contributed by atoms with van der Waals surface area (Å²) in [5.74, 6) is 1.15. The maximum Gasteiger partial charge on any atom is 0.322 e. The van der Waals surface area contributed by atoms with Crippen LogP contribution in [0.1, 0.15) is 64.2 Å². The lowest BCUT2D eigenvalue weighted by molar-refractivity contribution is -0.138. The minimum Gasteiger partial charge on any atom is -0.480 e. The van der Waals surface area contributed by atoms with E-state index in [0.717, 1.165) is 24.8 Å². The van der Waals surface area contributed by atoms with Crippen LogP contribution in [0.15, 0.2) is 0 Å². The lowest BCUT2D eigenvalue weighted by Crippen LogP contribution is -2.62. The van der Waals surface area contributed by atoms with Gasteiger partial charge in [-0.05, 0) is 62.8 Å². The zero-order chi connectivity index (χ0) is 19.7. The van der Waals surface area contributed by atoms with E-state index in [1.54, 1.807) is 0 Å². The summed E-state index contributed by atoms with van der Waals surface area (Å²) < 4.78 is 0. The predicted octanol–water partition coefficient (Wildman–Crippen LogP) is 2.12. The first kappa shape index (κ1) is 20.5. The molecule has 5 N–H and O–H groups in total. The van der Waals surface area contributed by atoms with Crippen molar-refractivity contribution in [2.45, 2.75) is 86.3 Å². The van der Waals surface area contributed by atoms with Gasteiger partial charge in [-0.2, -0.15) is 0 Å². The van der Waals surface area contributed by atoms with E-state index in [9.17, 15) is 9.59 Å². The van der Waals surface area contributed by atoms with E-state index in [1.165, 1.54) is 57.8 Å². The van der Waals surface area contributed by atoms with Gasteiger partial charge in [-0.25, -0.2) is 0 Å². The number of thioether (sulfide) groups is 1. The summed E-state index contributed by atoms with van der Waals surface area (Å²) in [5, 5.41) is 16.2. The number of carboxylic acid groups (broad SMARTS) is 1. The first-order valence-electron chi connectivity index (χ1n) is 11.2. The second kappa shape index (κ2) is 8.52. The topological polar surface area (TPSA) is 104 Å². The van der Waals surface area contributed by atoms with Crippen molar-refractivity contribution in [3.05, 3.63) is 0 Å². The molecule has 4 fully saturated rings. The van der Waals surface area contributed by atoms with Crippen LogP contribution in [0, 0.1) is 17.8 Å². The number of amides is 1. The lowest BCUT2D eigenvalue weighted by Gasteiger charge is -2.49. The molecule has 5 atom stereocenters. The second-order valence-electron chi connectivity index (χ2n) is 9.38. The van der Waals surface area contributed by atoms with Gasteiger partial charge in [-0.15, -0.1) is 11.8 Å². The van der Waals surface area contributed by atoms with Crippen molar-refractivity contribution >= 4 is 23.6 Å². The highest BCUT2D eigenvalue weighted by molar-refractivity contribution is 8.01. The summed E-state index contributed by atoms with van der Waals surface area (Å²) >= 11 is 1.88. The van der Waals surface area contributed by atoms with Gasteiger partial charge in [-0.1, -0.05) is 25.7 Å². The van der Waals surface area contributed by atoms with Crippen molar-refractivity contribution in [2.75, 3.05) is 13.1 Å². The number of aliphatic carboxylic acids is 1. The molecule has 158 valence electrons. The predicted molar refractivity (Wildman–Crippen MR) is 111 cm³/mol. The summed E-state index contributed by atoms with van der Waals surface area (Å²) in [6.45, 7) is 1.08. The average molecular weight is 410 g/mol. The fourth-order valence-corrected chi connectivity index (χ4v) is 8.07. The van der Waals surface area contributed by atoms with Gasteiger partial charge >= 0.3 is 5.97 Å². The number of nitrogens with one attached hydrogen (secondary N) is 2. The molecule has 2 heterocycles. The van der Waals surface area contributed by atoms with E-state index in [2.05, 4.69) is 10.6 Å². The largest absolute Gasteiger partial charge is 0.480 e. The maximum atomic E-state index is 12.9. The average Bonchev–Trinajstić information content (AvgIpc) is 3.49. The standard InChI is InChI=1S/C21H35N3O3S/c22-16(20(26)27)12-23-19(25)17-11-21(14-5-3-1-2-4-6-14)18(28-17)15(9-10-24-21)13-7-8-13/h13-18,24H,1-12,22H2,(H,23,25)(H,26,27)/t15?,16-,17?,18?,21?/m1/s1. The summed E-state index contributed by atoms with van der Waals surface area (Å²) in [7, 11) is 0.